The molecule has 0 spiro atoms. The van der Waals surface area contributed by atoms with Crippen LogP contribution >= 0.6 is 0 Å². The van der Waals surface area contributed by atoms with E-state index in [4.69, 9.17) is 10.1 Å². The summed E-state index contributed by atoms with van der Waals surface area (Å²) < 4.78 is 32.9. The quantitative estimate of drug-likeness (QED) is 0.409. The van der Waals surface area contributed by atoms with Gasteiger partial charge in [-0.15, -0.1) is 0 Å². The topological polar surface area (TPSA) is 70.5 Å². The van der Waals surface area contributed by atoms with E-state index in [-0.39, 0.29) is 10.9 Å². The fourth-order valence-corrected chi connectivity index (χ4v) is 4.35. The minimum atomic E-state index is -3.62. The maximum Gasteiger partial charge on any atom is 0.243 e. The zero-order valence-electron chi connectivity index (χ0n) is 18.4. The Bertz CT molecular complexity index is 783. The van der Waals surface area contributed by atoms with Gasteiger partial charge in [-0.2, -0.15) is 4.31 Å². The first-order chi connectivity index (χ1) is 13.2. The van der Waals surface area contributed by atoms with Gasteiger partial charge in [0.25, 0.3) is 0 Å². The highest BCUT2D eigenvalue weighted by atomic mass is 32.2. The molecule has 6 heteroatoms. The Morgan fingerprint density at radius 3 is 2.36 bits per heavy atom. The number of nitrogens with zero attached hydrogens (tertiary/aromatic N) is 1. The van der Waals surface area contributed by atoms with Crippen LogP contribution in [0, 0.1) is 5.41 Å². The minimum Gasteiger partial charge on any atom is -0.496 e. The Kier molecular flexibility index (Phi) is 11.7. The highest BCUT2D eigenvalue weighted by Crippen LogP contribution is 2.30. The van der Waals surface area contributed by atoms with Gasteiger partial charge in [0.05, 0.1) is 12.0 Å². The molecular weight excluding hydrogens is 372 g/mol. The number of nitrogens with one attached hydrogen (secondary N) is 1. The number of rotatable bonds is 10. The van der Waals surface area contributed by atoms with Gasteiger partial charge in [-0.3, -0.25) is 0 Å². The van der Waals surface area contributed by atoms with Crippen LogP contribution in [0.25, 0.3) is 5.57 Å². The molecule has 158 valence electrons. The van der Waals surface area contributed by atoms with Crippen molar-refractivity contribution < 1.29 is 13.2 Å². The third-order valence-electron chi connectivity index (χ3n) is 4.33. The van der Waals surface area contributed by atoms with E-state index in [0.717, 1.165) is 24.8 Å². The molecule has 0 aliphatic carbocycles. The van der Waals surface area contributed by atoms with Gasteiger partial charge < -0.3 is 10.1 Å². The predicted octanol–water partition coefficient (Wildman–Crippen LogP) is 5.53. The normalized spacial score (nSPS) is 12.8. The highest BCUT2D eigenvalue weighted by molar-refractivity contribution is 7.89. The molecule has 0 saturated heterocycles. The molecule has 5 nitrogen and oxygen atoms in total. The van der Waals surface area contributed by atoms with Crippen molar-refractivity contribution in [2.24, 2.45) is 0 Å². The van der Waals surface area contributed by atoms with Crippen molar-refractivity contribution >= 4 is 21.8 Å². The summed E-state index contributed by atoms with van der Waals surface area (Å²) in [5.74, 6) is 0.416. The van der Waals surface area contributed by atoms with Gasteiger partial charge in [0, 0.05) is 36.5 Å². The molecule has 0 saturated carbocycles. The molecule has 0 aliphatic heterocycles. The molecule has 1 rings (SSSR count). The Morgan fingerprint density at radius 1 is 1.32 bits per heavy atom. The SMILES string of the molecule is C=C(C)/C=C(\C=N)c1ccc(S(=O)(=O)N(C)C(CC)CCC)cc1OC.CC. The maximum absolute atomic E-state index is 13.0. The van der Waals surface area contributed by atoms with Gasteiger partial charge >= 0.3 is 0 Å². The van der Waals surface area contributed by atoms with E-state index in [1.807, 2.05) is 34.6 Å². The number of hydrogen-bond donors (Lipinski definition) is 1. The van der Waals surface area contributed by atoms with Crippen LogP contribution in [0.15, 0.2) is 41.3 Å². The molecule has 1 aromatic rings. The molecule has 1 N–H and O–H groups in total. The molecule has 0 aliphatic rings. The van der Waals surface area contributed by atoms with E-state index in [0.29, 0.717) is 16.9 Å². The van der Waals surface area contributed by atoms with Crippen molar-refractivity contribution in [3.8, 4) is 5.75 Å². The van der Waals surface area contributed by atoms with Crippen LogP contribution in [0.1, 0.15) is 59.4 Å². The molecule has 0 bridgehead atoms. The zero-order chi connectivity index (χ0) is 21.9. The Labute approximate surface area is 171 Å². The number of benzene rings is 1. The summed E-state index contributed by atoms with van der Waals surface area (Å²) in [6, 6.07) is 4.74. The van der Waals surface area contributed by atoms with Crippen LogP contribution in [0.4, 0.5) is 0 Å². The Hall–Kier alpha value is -1.92. The molecular formula is C22H36N2O3S. The number of allylic oxidation sites excluding steroid dienone is 3. The van der Waals surface area contributed by atoms with Crippen LogP contribution in [0.2, 0.25) is 0 Å². The lowest BCUT2D eigenvalue weighted by molar-refractivity contribution is 0.338. The fourth-order valence-electron chi connectivity index (χ4n) is 2.87. The van der Waals surface area contributed by atoms with Crippen LogP contribution in [-0.4, -0.2) is 39.1 Å². The fraction of sp³-hybridized carbons (Fsp3) is 0.500. The smallest absolute Gasteiger partial charge is 0.243 e. The average Bonchev–Trinajstić information content (AvgIpc) is 2.70. The first kappa shape index (κ1) is 26.1. The molecule has 1 unspecified atom stereocenters. The second-order valence-electron chi connectivity index (χ2n) is 6.32. The van der Waals surface area contributed by atoms with Crippen LogP contribution in [0.5, 0.6) is 5.75 Å². The summed E-state index contributed by atoms with van der Waals surface area (Å²) in [6.07, 6.45) is 5.48. The number of sulfonamides is 1. The van der Waals surface area contributed by atoms with Crippen molar-refractivity contribution in [2.45, 2.75) is 64.8 Å². The molecule has 0 fully saturated rings. The predicted molar refractivity (Wildman–Crippen MR) is 120 cm³/mol. The van der Waals surface area contributed by atoms with Crippen molar-refractivity contribution in [2.75, 3.05) is 14.2 Å². The first-order valence-corrected chi connectivity index (χ1v) is 11.2. The monoisotopic (exact) mass is 408 g/mol. The summed E-state index contributed by atoms with van der Waals surface area (Å²) in [5.41, 5.74) is 2.07. The first-order valence-electron chi connectivity index (χ1n) is 9.76. The van der Waals surface area contributed by atoms with Crippen molar-refractivity contribution in [3.05, 3.63) is 42.0 Å². The summed E-state index contributed by atoms with van der Waals surface area (Å²) in [4.78, 5) is 0.190. The van der Waals surface area contributed by atoms with Gasteiger partial charge in [-0.25, -0.2) is 8.42 Å². The van der Waals surface area contributed by atoms with E-state index in [9.17, 15) is 8.42 Å². The Morgan fingerprint density at radius 2 is 1.93 bits per heavy atom. The third-order valence-corrected chi connectivity index (χ3v) is 6.23. The lowest BCUT2D eigenvalue weighted by atomic mass is 10.0. The third kappa shape index (κ3) is 6.60. The lowest BCUT2D eigenvalue weighted by Crippen LogP contribution is -2.36. The Balaban J connectivity index is 0.00000352. The van der Waals surface area contributed by atoms with Crippen molar-refractivity contribution in [1.29, 1.82) is 5.41 Å². The van der Waals surface area contributed by atoms with E-state index in [1.165, 1.54) is 23.7 Å². The molecule has 0 heterocycles. The number of methoxy groups -OCH3 is 1. The van der Waals surface area contributed by atoms with E-state index < -0.39 is 10.0 Å². The molecule has 0 radical (unpaired) electrons. The van der Waals surface area contributed by atoms with Gasteiger partial charge in [0.15, 0.2) is 0 Å². The second kappa shape index (κ2) is 12.5. The maximum atomic E-state index is 13.0. The lowest BCUT2D eigenvalue weighted by Gasteiger charge is -2.26. The van der Waals surface area contributed by atoms with Gasteiger partial charge in [0.2, 0.25) is 10.0 Å². The summed E-state index contributed by atoms with van der Waals surface area (Å²) in [7, 11) is -0.496. The second-order valence-corrected chi connectivity index (χ2v) is 8.32. The number of hydrogen-bond acceptors (Lipinski definition) is 4. The average molecular weight is 409 g/mol. The highest BCUT2D eigenvalue weighted by Gasteiger charge is 2.27. The van der Waals surface area contributed by atoms with Gasteiger partial charge in [-0.1, -0.05) is 52.3 Å². The number of ether oxygens (including phenoxy) is 1. The molecule has 0 aromatic heterocycles. The molecule has 0 amide bonds. The zero-order valence-corrected chi connectivity index (χ0v) is 19.2. The van der Waals surface area contributed by atoms with Crippen LogP contribution in [-0.2, 0) is 10.0 Å². The summed E-state index contributed by atoms with van der Waals surface area (Å²) in [6.45, 7) is 13.7. The van der Waals surface area contributed by atoms with Crippen molar-refractivity contribution in [1.82, 2.24) is 4.31 Å². The van der Waals surface area contributed by atoms with E-state index >= 15 is 0 Å². The van der Waals surface area contributed by atoms with Gasteiger partial charge in [0.1, 0.15) is 5.75 Å². The molecule has 1 atom stereocenters. The molecule has 1 aromatic carbocycles. The van der Waals surface area contributed by atoms with E-state index in [2.05, 4.69) is 6.58 Å². The van der Waals surface area contributed by atoms with Crippen LogP contribution < -0.4 is 4.74 Å². The van der Waals surface area contributed by atoms with Crippen molar-refractivity contribution in [3.63, 3.8) is 0 Å². The summed E-state index contributed by atoms with van der Waals surface area (Å²) >= 11 is 0. The van der Waals surface area contributed by atoms with E-state index in [1.54, 1.807) is 25.3 Å². The largest absolute Gasteiger partial charge is 0.496 e. The van der Waals surface area contributed by atoms with Gasteiger partial charge in [-0.05, 0) is 31.9 Å². The summed E-state index contributed by atoms with van der Waals surface area (Å²) in [5, 5.41) is 7.62. The van der Waals surface area contributed by atoms with Crippen LogP contribution in [0.3, 0.4) is 0 Å². The minimum absolute atomic E-state index is 0.0314. The molecule has 28 heavy (non-hydrogen) atoms. The standard InChI is InChI=1S/C20H30N2O3S.C2H6/c1-7-9-17(8-2)22(5)26(23,24)18-10-11-19(20(13-18)25-6)16(14-21)12-15(3)4;1-2/h10-14,17,21H,3,7-9H2,1-2,4-6H3;1-2H3/b16-12+,21-14?;.